The summed E-state index contributed by atoms with van der Waals surface area (Å²) in [6, 6.07) is 8.70. The highest BCUT2D eigenvalue weighted by atomic mass is 35.5. The first kappa shape index (κ1) is 18.1. The molecule has 4 nitrogen and oxygen atoms in total. The summed E-state index contributed by atoms with van der Waals surface area (Å²) in [5, 5.41) is 3.67. The van der Waals surface area contributed by atoms with Crippen LogP contribution in [0.25, 0.3) is 0 Å². The maximum Gasteiger partial charge on any atom is 0.317 e. The average Bonchev–Trinajstić information content (AvgIpc) is 2.57. The van der Waals surface area contributed by atoms with Crippen LogP contribution in [0.15, 0.2) is 24.3 Å². The molecule has 128 valence electrons. The number of hydrogen-bond donors (Lipinski definition) is 1. The molecule has 0 aromatic heterocycles. The van der Waals surface area contributed by atoms with E-state index in [0.717, 1.165) is 37.6 Å². The number of carbonyl (C=O) groups is 1. The molecule has 0 spiro atoms. The highest BCUT2D eigenvalue weighted by molar-refractivity contribution is 6.30. The first-order valence-electron chi connectivity index (χ1n) is 8.68. The summed E-state index contributed by atoms with van der Waals surface area (Å²) in [4.78, 5) is 16.4. The zero-order valence-electron chi connectivity index (χ0n) is 14.2. The number of rotatable bonds is 6. The van der Waals surface area contributed by atoms with Crippen molar-refractivity contribution in [3.63, 3.8) is 0 Å². The molecule has 0 radical (unpaired) electrons. The van der Waals surface area contributed by atoms with E-state index in [-0.39, 0.29) is 6.03 Å². The fourth-order valence-corrected chi connectivity index (χ4v) is 3.27. The van der Waals surface area contributed by atoms with Crippen LogP contribution >= 0.6 is 11.6 Å². The minimum Gasteiger partial charge on any atom is -0.338 e. The van der Waals surface area contributed by atoms with E-state index >= 15 is 0 Å². The third-order valence-electron chi connectivity index (χ3n) is 4.46. The van der Waals surface area contributed by atoms with E-state index < -0.39 is 0 Å². The number of carbonyl (C=O) groups excluding carboxylic acids is 1. The van der Waals surface area contributed by atoms with Gasteiger partial charge in [0.15, 0.2) is 0 Å². The number of halogens is 1. The second kappa shape index (κ2) is 9.14. The summed E-state index contributed by atoms with van der Waals surface area (Å²) in [6.45, 7) is 8.30. The number of piperazine rings is 1. The van der Waals surface area contributed by atoms with Gasteiger partial charge in [0.1, 0.15) is 0 Å². The van der Waals surface area contributed by atoms with Gasteiger partial charge >= 0.3 is 6.03 Å². The molecule has 1 aromatic rings. The highest BCUT2D eigenvalue weighted by Gasteiger charge is 2.26. The van der Waals surface area contributed by atoms with Crippen LogP contribution in [0.3, 0.4) is 0 Å². The zero-order valence-corrected chi connectivity index (χ0v) is 15.0. The lowest BCUT2D eigenvalue weighted by atomic mass is 9.98. The fourth-order valence-electron chi connectivity index (χ4n) is 3.14. The van der Waals surface area contributed by atoms with Gasteiger partial charge in [-0.2, -0.15) is 0 Å². The predicted molar refractivity (Wildman–Crippen MR) is 95.9 cm³/mol. The summed E-state index contributed by atoms with van der Waals surface area (Å²) in [5.41, 5.74) is 1.33. The van der Waals surface area contributed by atoms with Crippen LogP contribution in [-0.4, -0.2) is 48.6 Å². The van der Waals surface area contributed by atoms with Crippen LogP contribution in [0.5, 0.6) is 0 Å². The molecule has 0 saturated carbocycles. The van der Waals surface area contributed by atoms with E-state index in [0.29, 0.717) is 12.6 Å². The van der Waals surface area contributed by atoms with Gasteiger partial charge in [0.05, 0.1) is 0 Å². The molecule has 1 aromatic carbocycles. The fraction of sp³-hybridized carbons (Fsp3) is 0.611. The van der Waals surface area contributed by atoms with E-state index in [1.54, 1.807) is 0 Å². The van der Waals surface area contributed by atoms with E-state index in [1.165, 1.54) is 18.4 Å². The number of unbranched alkanes of at least 4 members (excludes halogenated alkanes) is 1. The molecule has 1 aliphatic rings. The Morgan fingerprint density at radius 3 is 2.39 bits per heavy atom. The summed E-state index contributed by atoms with van der Waals surface area (Å²) in [6.07, 6.45) is 3.56. The van der Waals surface area contributed by atoms with Gasteiger partial charge in [-0.25, -0.2) is 4.79 Å². The topological polar surface area (TPSA) is 35.6 Å². The van der Waals surface area contributed by atoms with Gasteiger partial charge in [-0.3, -0.25) is 4.90 Å². The lowest BCUT2D eigenvalue weighted by molar-refractivity contribution is 0.103. The molecule has 0 bridgehead atoms. The largest absolute Gasteiger partial charge is 0.338 e. The Morgan fingerprint density at radius 2 is 1.83 bits per heavy atom. The smallest absolute Gasteiger partial charge is 0.317 e. The van der Waals surface area contributed by atoms with Gasteiger partial charge in [-0.1, -0.05) is 43.5 Å². The SMILES string of the molecule is CCCCC(c1ccc(Cl)cc1)N1CCN(C(=O)NCC)CC1. The summed E-state index contributed by atoms with van der Waals surface area (Å²) in [5.74, 6) is 0. The summed E-state index contributed by atoms with van der Waals surface area (Å²) < 4.78 is 0. The van der Waals surface area contributed by atoms with Crippen molar-refractivity contribution < 1.29 is 4.79 Å². The van der Waals surface area contributed by atoms with Crippen LogP contribution in [-0.2, 0) is 0 Å². The number of urea groups is 1. The van der Waals surface area contributed by atoms with Crippen molar-refractivity contribution in [1.29, 1.82) is 0 Å². The molecular formula is C18H28ClN3O. The molecule has 1 aliphatic heterocycles. The molecule has 1 unspecified atom stereocenters. The van der Waals surface area contributed by atoms with Crippen molar-refractivity contribution in [3.05, 3.63) is 34.9 Å². The number of nitrogens with one attached hydrogen (secondary N) is 1. The van der Waals surface area contributed by atoms with Crippen LogP contribution in [0, 0.1) is 0 Å². The molecule has 1 heterocycles. The number of nitrogens with zero attached hydrogens (tertiary/aromatic N) is 2. The van der Waals surface area contributed by atoms with Gasteiger partial charge in [0.2, 0.25) is 0 Å². The van der Waals surface area contributed by atoms with E-state index in [4.69, 9.17) is 11.6 Å². The summed E-state index contributed by atoms with van der Waals surface area (Å²) >= 11 is 6.03. The number of amides is 2. The van der Waals surface area contributed by atoms with Crippen LogP contribution < -0.4 is 5.32 Å². The van der Waals surface area contributed by atoms with E-state index in [9.17, 15) is 4.79 Å². The van der Waals surface area contributed by atoms with Gasteiger partial charge in [0.25, 0.3) is 0 Å². The lowest BCUT2D eigenvalue weighted by Crippen LogP contribution is -2.52. The third kappa shape index (κ3) is 5.11. The third-order valence-corrected chi connectivity index (χ3v) is 4.71. The molecule has 1 saturated heterocycles. The molecule has 0 aliphatic carbocycles. The van der Waals surface area contributed by atoms with E-state index in [1.807, 2.05) is 24.0 Å². The Balaban J connectivity index is 2.00. The van der Waals surface area contributed by atoms with Crippen molar-refractivity contribution in [2.24, 2.45) is 0 Å². The van der Waals surface area contributed by atoms with Gasteiger partial charge in [-0.05, 0) is 31.0 Å². The quantitative estimate of drug-likeness (QED) is 0.854. The molecular weight excluding hydrogens is 310 g/mol. The molecule has 1 fully saturated rings. The number of hydrogen-bond acceptors (Lipinski definition) is 2. The molecule has 23 heavy (non-hydrogen) atoms. The normalized spacial score (nSPS) is 17.1. The van der Waals surface area contributed by atoms with Crippen LogP contribution in [0.1, 0.15) is 44.7 Å². The van der Waals surface area contributed by atoms with Crippen molar-refractivity contribution in [3.8, 4) is 0 Å². The standard InChI is InChI=1S/C18H28ClN3O/c1-3-5-6-17(15-7-9-16(19)10-8-15)21-11-13-22(14-12-21)18(23)20-4-2/h7-10,17H,3-6,11-14H2,1-2H3,(H,20,23). The summed E-state index contributed by atoms with van der Waals surface area (Å²) in [7, 11) is 0. The van der Waals surface area contributed by atoms with Crippen molar-refractivity contribution in [2.75, 3.05) is 32.7 Å². The monoisotopic (exact) mass is 337 g/mol. The Hall–Kier alpha value is -1.26. The number of benzene rings is 1. The Bertz CT molecular complexity index is 484. The maximum absolute atomic E-state index is 11.9. The lowest BCUT2D eigenvalue weighted by Gasteiger charge is -2.39. The Kier molecular flexibility index (Phi) is 7.18. The molecule has 5 heteroatoms. The first-order chi connectivity index (χ1) is 11.2. The van der Waals surface area contributed by atoms with Crippen LogP contribution in [0.2, 0.25) is 5.02 Å². The molecule has 1 N–H and O–H groups in total. The minimum absolute atomic E-state index is 0.0590. The van der Waals surface area contributed by atoms with Crippen molar-refractivity contribution in [1.82, 2.24) is 15.1 Å². The second-order valence-electron chi connectivity index (χ2n) is 6.07. The zero-order chi connectivity index (χ0) is 16.7. The average molecular weight is 338 g/mol. The van der Waals surface area contributed by atoms with Crippen molar-refractivity contribution >= 4 is 17.6 Å². The minimum atomic E-state index is 0.0590. The van der Waals surface area contributed by atoms with Crippen molar-refractivity contribution in [2.45, 2.75) is 39.2 Å². The van der Waals surface area contributed by atoms with Gasteiger partial charge in [0, 0.05) is 43.8 Å². The molecule has 1 atom stereocenters. The molecule has 2 rings (SSSR count). The Morgan fingerprint density at radius 1 is 1.17 bits per heavy atom. The highest BCUT2D eigenvalue weighted by Crippen LogP contribution is 2.28. The van der Waals surface area contributed by atoms with Gasteiger partial charge < -0.3 is 10.2 Å². The van der Waals surface area contributed by atoms with E-state index in [2.05, 4.69) is 29.3 Å². The first-order valence-corrected chi connectivity index (χ1v) is 9.05. The maximum atomic E-state index is 11.9. The molecule has 2 amide bonds. The second-order valence-corrected chi connectivity index (χ2v) is 6.50. The predicted octanol–water partition coefficient (Wildman–Crippen LogP) is 3.92. The van der Waals surface area contributed by atoms with Gasteiger partial charge in [-0.15, -0.1) is 0 Å². The Labute approximate surface area is 144 Å². The van der Waals surface area contributed by atoms with Crippen LogP contribution in [0.4, 0.5) is 4.79 Å².